The molecule has 2 N–H and O–H groups in total. The second-order valence-corrected chi connectivity index (χ2v) is 7.04. The zero-order valence-corrected chi connectivity index (χ0v) is 15.9. The van der Waals surface area contributed by atoms with Gasteiger partial charge < -0.3 is 15.5 Å². The Morgan fingerprint density at radius 2 is 2.12 bits per heavy atom. The Morgan fingerprint density at radius 3 is 2.77 bits per heavy atom. The van der Waals surface area contributed by atoms with Crippen LogP contribution >= 0.6 is 0 Å². The standard InChI is InChI=1S/C19H26N6O/c1-12-9-21-7-5-15(12)10-24(4)19(26)17-22-14(3)13(2)18(23-17)25-8-6-16(20)11-25/h5,7,9,16H,6,8,10-11,20H2,1-4H3/t16-/m1/s1. The minimum absolute atomic E-state index is 0.154. The lowest BCUT2D eigenvalue weighted by atomic mass is 10.1. The first-order valence-corrected chi connectivity index (χ1v) is 8.87. The maximum Gasteiger partial charge on any atom is 0.291 e. The summed E-state index contributed by atoms with van der Waals surface area (Å²) in [5, 5.41) is 0. The number of anilines is 1. The molecule has 0 radical (unpaired) electrons. The van der Waals surface area contributed by atoms with E-state index in [1.165, 1.54) is 0 Å². The number of hydrogen-bond acceptors (Lipinski definition) is 6. The van der Waals surface area contributed by atoms with E-state index in [-0.39, 0.29) is 17.8 Å². The fourth-order valence-corrected chi connectivity index (χ4v) is 3.17. The molecule has 0 aliphatic carbocycles. The van der Waals surface area contributed by atoms with Gasteiger partial charge in [0.15, 0.2) is 0 Å². The third kappa shape index (κ3) is 3.67. The van der Waals surface area contributed by atoms with Crippen LogP contribution in [0.1, 0.15) is 39.4 Å². The summed E-state index contributed by atoms with van der Waals surface area (Å²) in [5.74, 6) is 0.870. The molecule has 0 unspecified atom stereocenters. The Labute approximate surface area is 154 Å². The molecule has 1 fully saturated rings. The molecule has 1 saturated heterocycles. The van der Waals surface area contributed by atoms with Crippen molar-refractivity contribution in [1.82, 2.24) is 19.9 Å². The number of carbonyl (C=O) groups excluding carboxylic acids is 1. The molecular weight excluding hydrogens is 328 g/mol. The Kier molecular flexibility index (Phi) is 5.18. The summed E-state index contributed by atoms with van der Waals surface area (Å²) in [4.78, 5) is 29.8. The molecule has 3 heterocycles. The molecule has 1 aliphatic heterocycles. The number of pyridine rings is 1. The summed E-state index contributed by atoms with van der Waals surface area (Å²) >= 11 is 0. The van der Waals surface area contributed by atoms with Gasteiger partial charge in [0.2, 0.25) is 5.82 Å². The predicted molar refractivity (Wildman–Crippen MR) is 101 cm³/mol. The van der Waals surface area contributed by atoms with Crippen molar-refractivity contribution in [3.8, 4) is 0 Å². The van der Waals surface area contributed by atoms with Crippen LogP contribution in [0.25, 0.3) is 0 Å². The summed E-state index contributed by atoms with van der Waals surface area (Å²) in [6.45, 7) is 8.01. The minimum Gasteiger partial charge on any atom is -0.355 e. The lowest BCUT2D eigenvalue weighted by Gasteiger charge is -2.22. The molecule has 0 saturated carbocycles. The fraction of sp³-hybridized carbons (Fsp3) is 0.474. The molecule has 1 amide bonds. The van der Waals surface area contributed by atoms with Crippen LogP contribution in [0.4, 0.5) is 5.82 Å². The molecule has 1 atom stereocenters. The second-order valence-electron chi connectivity index (χ2n) is 7.04. The quantitative estimate of drug-likeness (QED) is 0.897. The molecule has 2 aromatic rings. The second kappa shape index (κ2) is 7.37. The van der Waals surface area contributed by atoms with E-state index in [9.17, 15) is 4.79 Å². The lowest BCUT2D eigenvalue weighted by Crippen LogP contribution is -2.31. The number of amides is 1. The summed E-state index contributed by atoms with van der Waals surface area (Å²) in [5.41, 5.74) is 9.98. The Hall–Kier alpha value is -2.54. The van der Waals surface area contributed by atoms with E-state index >= 15 is 0 Å². The molecule has 0 spiro atoms. The Bertz CT molecular complexity index is 822. The van der Waals surface area contributed by atoms with Crippen LogP contribution in [0.3, 0.4) is 0 Å². The van der Waals surface area contributed by atoms with Crippen LogP contribution in [0.15, 0.2) is 18.5 Å². The molecule has 0 aromatic carbocycles. The molecule has 0 bridgehead atoms. The molecule has 26 heavy (non-hydrogen) atoms. The summed E-state index contributed by atoms with van der Waals surface area (Å²) in [7, 11) is 1.77. The lowest BCUT2D eigenvalue weighted by molar-refractivity contribution is 0.0772. The van der Waals surface area contributed by atoms with E-state index in [1.54, 1.807) is 24.3 Å². The van der Waals surface area contributed by atoms with Gasteiger partial charge >= 0.3 is 0 Å². The number of aromatic nitrogens is 3. The van der Waals surface area contributed by atoms with Crippen LogP contribution in [-0.2, 0) is 6.54 Å². The zero-order chi connectivity index (χ0) is 18.8. The van der Waals surface area contributed by atoms with Crippen molar-refractivity contribution in [3.05, 3.63) is 46.7 Å². The van der Waals surface area contributed by atoms with E-state index in [1.807, 2.05) is 26.8 Å². The van der Waals surface area contributed by atoms with Crippen molar-refractivity contribution in [2.75, 3.05) is 25.0 Å². The van der Waals surface area contributed by atoms with Crippen molar-refractivity contribution >= 4 is 11.7 Å². The number of rotatable bonds is 4. The van der Waals surface area contributed by atoms with Crippen molar-refractivity contribution in [2.45, 2.75) is 39.8 Å². The van der Waals surface area contributed by atoms with Gasteiger partial charge in [-0.2, -0.15) is 0 Å². The van der Waals surface area contributed by atoms with Gasteiger partial charge in [-0.05, 0) is 44.4 Å². The van der Waals surface area contributed by atoms with Crippen LogP contribution in [0.2, 0.25) is 0 Å². The van der Waals surface area contributed by atoms with Gasteiger partial charge in [-0.3, -0.25) is 9.78 Å². The number of carbonyl (C=O) groups is 1. The van der Waals surface area contributed by atoms with E-state index in [0.29, 0.717) is 6.54 Å². The van der Waals surface area contributed by atoms with E-state index in [4.69, 9.17) is 5.73 Å². The Morgan fingerprint density at radius 1 is 1.35 bits per heavy atom. The maximum absolute atomic E-state index is 12.9. The third-order valence-corrected chi connectivity index (χ3v) is 4.97. The molecule has 7 nitrogen and oxygen atoms in total. The smallest absolute Gasteiger partial charge is 0.291 e. The van der Waals surface area contributed by atoms with Gasteiger partial charge in [-0.25, -0.2) is 9.97 Å². The van der Waals surface area contributed by atoms with Crippen LogP contribution < -0.4 is 10.6 Å². The average molecular weight is 354 g/mol. The highest BCUT2D eigenvalue weighted by atomic mass is 16.2. The zero-order valence-electron chi connectivity index (χ0n) is 15.9. The molecular formula is C19H26N6O. The van der Waals surface area contributed by atoms with E-state index in [2.05, 4.69) is 19.9 Å². The van der Waals surface area contributed by atoms with E-state index < -0.39 is 0 Å². The highest BCUT2D eigenvalue weighted by Gasteiger charge is 2.25. The number of aryl methyl sites for hydroxylation is 2. The van der Waals surface area contributed by atoms with Crippen LogP contribution in [0, 0.1) is 20.8 Å². The number of hydrogen-bond donors (Lipinski definition) is 1. The highest BCUT2D eigenvalue weighted by molar-refractivity contribution is 5.90. The normalized spacial score (nSPS) is 16.8. The summed E-state index contributed by atoms with van der Waals surface area (Å²) < 4.78 is 0. The Balaban J connectivity index is 1.85. The van der Waals surface area contributed by atoms with Crippen molar-refractivity contribution in [1.29, 1.82) is 0 Å². The van der Waals surface area contributed by atoms with Crippen molar-refractivity contribution < 1.29 is 4.79 Å². The first-order valence-electron chi connectivity index (χ1n) is 8.87. The van der Waals surface area contributed by atoms with Gasteiger partial charge in [0.25, 0.3) is 5.91 Å². The van der Waals surface area contributed by atoms with Crippen LogP contribution in [-0.4, -0.2) is 51.9 Å². The first-order chi connectivity index (χ1) is 12.4. The monoisotopic (exact) mass is 354 g/mol. The summed E-state index contributed by atoms with van der Waals surface area (Å²) in [6, 6.07) is 2.08. The highest BCUT2D eigenvalue weighted by Crippen LogP contribution is 2.24. The molecule has 2 aromatic heterocycles. The van der Waals surface area contributed by atoms with E-state index in [0.717, 1.165) is 47.7 Å². The van der Waals surface area contributed by atoms with Crippen molar-refractivity contribution in [2.24, 2.45) is 5.73 Å². The van der Waals surface area contributed by atoms with Crippen LogP contribution in [0.5, 0.6) is 0 Å². The van der Waals surface area contributed by atoms with Gasteiger partial charge in [0.05, 0.1) is 0 Å². The third-order valence-electron chi connectivity index (χ3n) is 4.97. The minimum atomic E-state index is -0.186. The maximum atomic E-state index is 12.9. The van der Waals surface area contributed by atoms with Gasteiger partial charge in [-0.15, -0.1) is 0 Å². The molecule has 3 rings (SSSR count). The topological polar surface area (TPSA) is 88.2 Å². The SMILES string of the molecule is Cc1cnccc1CN(C)C(=O)c1nc(C)c(C)c(N2CC[C@@H](N)C2)n1. The number of nitrogens with two attached hydrogens (primary N) is 1. The van der Waals surface area contributed by atoms with Gasteiger partial charge in [0.1, 0.15) is 5.82 Å². The van der Waals surface area contributed by atoms with Crippen molar-refractivity contribution in [3.63, 3.8) is 0 Å². The average Bonchev–Trinajstić information content (AvgIpc) is 3.04. The molecule has 138 valence electrons. The van der Waals surface area contributed by atoms with Gasteiger partial charge in [-0.1, -0.05) is 0 Å². The van der Waals surface area contributed by atoms with Gasteiger partial charge in [0, 0.05) is 56.4 Å². The summed E-state index contributed by atoms with van der Waals surface area (Å²) in [6.07, 6.45) is 4.48. The molecule has 7 heteroatoms. The first kappa shape index (κ1) is 18.3. The molecule has 1 aliphatic rings. The number of nitrogens with zero attached hydrogens (tertiary/aromatic N) is 5. The largest absolute Gasteiger partial charge is 0.355 e. The fourth-order valence-electron chi connectivity index (χ4n) is 3.17. The predicted octanol–water partition coefficient (Wildman–Crippen LogP) is 1.61.